The summed E-state index contributed by atoms with van der Waals surface area (Å²) in [6.45, 7) is 7.08. The van der Waals surface area contributed by atoms with Gasteiger partial charge in [-0.1, -0.05) is 0 Å². The van der Waals surface area contributed by atoms with Crippen LogP contribution in [0.4, 0.5) is 0 Å². The molecule has 1 aliphatic rings. The van der Waals surface area contributed by atoms with E-state index in [1.807, 2.05) is 0 Å². The lowest BCUT2D eigenvalue weighted by Gasteiger charge is -2.33. The third kappa shape index (κ3) is 2.63. The lowest BCUT2D eigenvalue weighted by Crippen LogP contribution is -2.37. The molecule has 0 aliphatic carbocycles. The van der Waals surface area contributed by atoms with Crippen LogP contribution >= 0.6 is 34.6 Å². The SMILES string of the molecule is CC1(C)CN(I)CCS1. The number of nitrogens with zero attached hydrogens (tertiary/aromatic N) is 1. The summed E-state index contributed by atoms with van der Waals surface area (Å²) in [5, 5.41) is 0. The van der Waals surface area contributed by atoms with Crippen molar-refractivity contribution in [3.8, 4) is 0 Å². The molecule has 0 aromatic rings. The molecule has 3 heteroatoms. The number of thioether (sulfide) groups is 1. The molecule has 0 amide bonds. The van der Waals surface area contributed by atoms with Crippen LogP contribution in [0.2, 0.25) is 0 Å². The Bertz CT molecular complexity index is 105. The molecule has 0 aromatic heterocycles. The Hall–Kier alpha value is 1.04. The lowest BCUT2D eigenvalue weighted by atomic mass is 10.2. The van der Waals surface area contributed by atoms with Gasteiger partial charge in [-0.05, 0) is 13.8 Å². The number of halogens is 1. The average Bonchev–Trinajstić information content (AvgIpc) is 1.60. The predicted octanol–water partition coefficient (Wildman–Crippen LogP) is 2.16. The van der Waals surface area contributed by atoms with Gasteiger partial charge in [-0.2, -0.15) is 11.8 Å². The average molecular weight is 257 g/mol. The molecule has 0 N–H and O–H groups in total. The van der Waals surface area contributed by atoms with E-state index in [1.54, 1.807) is 0 Å². The van der Waals surface area contributed by atoms with Gasteiger partial charge in [0.05, 0.1) is 0 Å². The van der Waals surface area contributed by atoms with E-state index in [0.29, 0.717) is 4.75 Å². The second kappa shape index (κ2) is 2.96. The highest BCUT2D eigenvalue weighted by Gasteiger charge is 2.25. The maximum Gasteiger partial charge on any atom is 0.0239 e. The molecule has 0 radical (unpaired) electrons. The molecule has 0 saturated carbocycles. The summed E-state index contributed by atoms with van der Waals surface area (Å²) < 4.78 is 2.85. The lowest BCUT2D eigenvalue weighted by molar-refractivity contribution is 0.463. The molecule has 9 heavy (non-hydrogen) atoms. The first-order valence-electron chi connectivity index (χ1n) is 3.15. The van der Waals surface area contributed by atoms with Crippen LogP contribution in [-0.2, 0) is 0 Å². The molecule has 1 aliphatic heterocycles. The van der Waals surface area contributed by atoms with Gasteiger partial charge in [0, 0.05) is 46.5 Å². The molecule has 1 saturated heterocycles. The normalized spacial score (nSPS) is 28.3. The van der Waals surface area contributed by atoms with E-state index in [2.05, 4.69) is 51.6 Å². The van der Waals surface area contributed by atoms with Crippen LogP contribution in [0.3, 0.4) is 0 Å². The van der Waals surface area contributed by atoms with Gasteiger partial charge in [0.1, 0.15) is 0 Å². The molecule has 1 fully saturated rings. The highest BCUT2D eigenvalue weighted by molar-refractivity contribution is 14.1. The van der Waals surface area contributed by atoms with E-state index < -0.39 is 0 Å². The Morgan fingerprint density at radius 1 is 1.56 bits per heavy atom. The smallest absolute Gasteiger partial charge is 0.0239 e. The fourth-order valence-electron chi connectivity index (χ4n) is 0.959. The van der Waals surface area contributed by atoms with E-state index in [4.69, 9.17) is 0 Å². The van der Waals surface area contributed by atoms with Crippen LogP contribution in [0.15, 0.2) is 0 Å². The van der Waals surface area contributed by atoms with Crippen LogP contribution in [0.5, 0.6) is 0 Å². The zero-order chi connectivity index (χ0) is 6.91. The van der Waals surface area contributed by atoms with Gasteiger partial charge in [0.2, 0.25) is 0 Å². The maximum absolute atomic E-state index is 2.40. The molecule has 0 aromatic carbocycles. The number of hydrogen-bond acceptors (Lipinski definition) is 2. The zero-order valence-corrected chi connectivity index (χ0v) is 8.83. The van der Waals surface area contributed by atoms with E-state index in [1.165, 1.54) is 18.8 Å². The van der Waals surface area contributed by atoms with Gasteiger partial charge in [-0.25, -0.2) is 3.11 Å². The van der Waals surface area contributed by atoms with Crippen molar-refractivity contribution in [2.24, 2.45) is 0 Å². The molecule has 1 nitrogen and oxygen atoms in total. The summed E-state index contributed by atoms with van der Waals surface area (Å²) in [6, 6.07) is 0. The summed E-state index contributed by atoms with van der Waals surface area (Å²) in [4.78, 5) is 0. The second-order valence-electron chi connectivity index (χ2n) is 2.95. The van der Waals surface area contributed by atoms with E-state index >= 15 is 0 Å². The van der Waals surface area contributed by atoms with Crippen molar-refractivity contribution >= 4 is 34.6 Å². The molecule has 0 bridgehead atoms. The molecule has 0 unspecified atom stereocenters. The minimum Gasteiger partial charge on any atom is -0.245 e. The van der Waals surface area contributed by atoms with Gasteiger partial charge in [-0.3, -0.25) is 0 Å². The minimum atomic E-state index is 0.486. The van der Waals surface area contributed by atoms with E-state index in [9.17, 15) is 0 Å². The van der Waals surface area contributed by atoms with Crippen LogP contribution in [-0.4, -0.2) is 26.7 Å². The van der Waals surface area contributed by atoms with Crippen molar-refractivity contribution in [1.82, 2.24) is 3.11 Å². The van der Waals surface area contributed by atoms with Crippen LogP contribution in [0.25, 0.3) is 0 Å². The van der Waals surface area contributed by atoms with Gasteiger partial charge in [-0.15, -0.1) is 0 Å². The topological polar surface area (TPSA) is 3.24 Å². The number of rotatable bonds is 0. The van der Waals surface area contributed by atoms with Crippen molar-refractivity contribution in [3.63, 3.8) is 0 Å². The summed E-state index contributed by atoms with van der Waals surface area (Å²) in [5.41, 5.74) is 0. The van der Waals surface area contributed by atoms with Crippen molar-refractivity contribution in [1.29, 1.82) is 0 Å². The first-order chi connectivity index (χ1) is 4.10. The Balaban J connectivity index is 2.41. The summed E-state index contributed by atoms with van der Waals surface area (Å²) in [6.07, 6.45) is 0. The maximum atomic E-state index is 2.40. The van der Waals surface area contributed by atoms with Crippen molar-refractivity contribution < 1.29 is 0 Å². The second-order valence-corrected chi connectivity index (χ2v) is 6.12. The van der Waals surface area contributed by atoms with Crippen LogP contribution < -0.4 is 0 Å². The van der Waals surface area contributed by atoms with E-state index in [-0.39, 0.29) is 0 Å². The van der Waals surface area contributed by atoms with Gasteiger partial charge >= 0.3 is 0 Å². The molecule has 0 spiro atoms. The molecule has 0 atom stereocenters. The minimum absolute atomic E-state index is 0.486. The Morgan fingerprint density at radius 2 is 2.22 bits per heavy atom. The highest BCUT2D eigenvalue weighted by Crippen LogP contribution is 2.30. The Morgan fingerprint density at radius 3 is 2.56 bits per heavy atom. The van der Waals surface area contributed by atoms with Gasteiger partial charge in [0.15, 0.2) is 0 Å². The van der Waals surface area contributed by atoms with Crippen molar-refractivity contribution in [3.05, 3.63) is 0 Å². The van der Waals surface area contributed by atoms with Crippen molar-refractivity contribution in [2.45, 2.75) is 18.6 Å². The number of hydrogen-bond donors (Lipinski definition) is 0. The Kier molecular flexibility index (Phi) is 2.68. The molecular weight excluding hydrogens is 245 g/mol. The Labute approximate surface area is 75.1 Å². The fraction of sp³-hybridized carbons (Fsp3) is 1.00. The quantitative estimate of drug-likeness (QED) is 0.483. The predicted molar refractivity (Wildman–Crippen MR) is 52.1 cm³/mol. The largest absolute Gasteiger partial charge is 0.245 e. The first kappa shape index (κ1) is 8.14. The summed E-state index contributed by atoms with van der Waals surface area (Å²) in [5.74, 6) is 1.29. The van der Waals surface area contributed by atoms with Gasteiger partial charge < -0.3 is 0 Å². The third-order valence-electron chi connectivity index (χ3n) is 1.38. The molecular formula is C6H12INS. The highest BCUT2D eigenvalue weighted by atomic mass is 127. The molecule has 54 valence electrons. The standard InChI is InChI=1S/C6H12INS/c1-6(2)5-8(7)3-4-9-6/h3-5H2,1-2H3. The van der Waals surface area contributed by atoms with Crippen LogP contribution in [0.1, 0.15) is 13.8 Å². The summed E-state index contributed by atoms with van der Waals surface area (Å²) >= 11 is 4.48. The third-order valence-corrected chi connectivity index (χ3v) is 3.50. The van der Waals surface area contributed by atoms with Crippen molar-refractivity contribution in [2.75, 3.05) is 18.8 Å². The first-order valence-corrected chi connectivity index (χ1v) is 5.10. The van der Waals surface area contributed by atoms with Gasteiger partial charge in [0.25, 0.3) is 0 Å². The zero-order valence-electron chi connectivity index (χ0n) is 5.85. The van der Waals surface area contributed by atoms with E-state index in [0.717, 1.165) is 0 Å². The fourth-order valence-corrected chi connectivity index (χ4v) is 3.72. The summed E-state index contributed by atoms with van der Waals surface area (Å²) in [7, 11) is 0. The van der Waals surface area contributed by atoms with Crippen LogP contribution in [0, 0.1) is 0 Å². The molecule has 1 rings (SSSR count). The molecule has 1 heterocycles. The monoisotopic (exact) mass is 257 g/mol.